The number of para-hydroxylation sites is 1. The lowest BCUT2D eigenvalue weighted by Gasteiger charge is -2.16. The van der Waals surface area contributed by atoms with Crippen molar-refractivity contribution in [3.63, 3.8) is 0 Å². The van der Waals surface area contributed by atoms with Crippen LogP contribution in [0.15, 0.2) is 79.1 Å². The minimum atomic E-state index is -0.469. The Kier molecular flexibility index (Phi) is 5.57. The van der Waals surface area contributed by atoms with Gasteiger partial charge in [0.15, 0.2) is 0 Å². The second kappa shape index (κ2) is 8.62. The molecular weight excluding hydrogens is 392 g/mol. The van der Waals surface area contributed by atoms with Crippen LogP contribution in [-0.2, 0) is 4.74 Å². The molecule has 2 aromatic carbocycles. The third-order valence-corrected chi connectivity index (χ3v) is 4.88. The number of hydrogen-bond donors (Lipinski definition) is 1. The van der Waals surface area contributed by atoms with Crippen LogP contribution in [0.5, 0.6) is 0 Å². The molecule has 0 spiro atoms. The average molecular weight is 412 g/mol. The van der Waals surface area contributed by atoms with E-state index in [-0.39, 0.29) is 5.91 Å². The molecular formula is C24H20N4O3. The fraction of sp³-hybridized carbons (Fsp3) is 0.0833. The van der Waals surface area contributed by atoms with Crippen LogP contribution in [0.25, 0.3) is 22.2 Å². The standard InChI is InChI=1S/C24H20N4O3/c1-28(24(30)31-2)18-11-9-17(10-12-18)26-23(29)20-14-22(16-6-5-13-25-15-16)27-21-8-4-3-7-19(20)21/h3-15H,1-2H3,(H,26,29). The van der Waals surface area contributed by atoms with Crippen LogP contribution < -0.4 is 10.2 Å². The Bertz CT molecular complexity index is 1240. The average Bonchev–Trinajstić information content (AvgIpc) is 2.83. The van der Waals surface area contributed by atoms with Gasteiger partial charge in [0.1, 0.15) is 0 Å². The summed E-state index contributed by atoms with van der Waals surface area (Å²) >= 11 is 0. The number of methoxy groups -OCH3 is 1. The lowest BCUT2D eigenvalue weighted by atomic mass is 10.0. The smallest absolute Gasteiger partial charge is 0.413 e. The van der Waals surface area contributed by atoms with Gasteiger partial charge < -0.3 is 10.1 Å². The molecule has 4 aromatic rings. The predicted octanol–water partition coefficient (Wildman–Crippen LogP) is 4.75. The molecule has 0 saturated carbocycles. The first-order chi connectivity index (χ1) is 15.1. The van der Waals surface area contributed by atoms with Crippen LogP contribution in [0.1, 0.15) is 10.4 Å². The van der Waals surface area contributed by atoms with Crippen molar-refractivity contribution in [2.75, 3.05) is 24.4 Å². The molecule has 0 aliphatic rings. The number of amides is 2. The van der Waals surface area contributed by atoms with Crippen molar-refractivity contribution < 1.29 is 14.3 Å². The van der Waals surface area contributed by atoms with E-state index in [0.717, 1.165) is 16.5 Å². The van der Waals surface area contributed by atoms with Gasteiger partial charge in [0.05, 0.1) is 23.9 Å². The first-order valence-corrected chi connectivity index (χ1v) is 9.60. The van der Waals surface area contributed by atoms with Gasteiger partial charge in [0.2, 0.25) is 0 Å². The summed E-state index contributed by atoms with van der Waals surface area (Å²) in [7, 11) is 2.94. The fourth-order valence-corrected chi connectivity index (χ4v) is 3.23. The second-order valence-corrected chi connectivity index (χ2v) is 6.84. The number of nitrogens with zero attached hydrogens (tertiary/aromatic N) is 3. The third kappa shape index (κ3) is 4.20. The lowest BCUT2D eigenvalue weighted by Crippen LogP contribution is -2.25. The lowest BCUT2D eigenvalue weighted by molar-refractivity contribution is 0.102. The van der Waals surface area contributed by atoms with E-state index in [4.69, 9.17) is 4.74 Å². The molecule has 0 aliphatic carbocycles. The van der Waals surface area contributed by atoms with Gasteiger partial charge >= 0.3 is 6.09 Å². The summed E-state index contributed by atoms with van der Waals surface area (Å²) in [4.78, 5) is 35.0. The Morgan fingerprint density at radius 1 is 1.00 bits per heavy atom. The molecule has 154 valence electrons. The van der Waals surface area contributed by atoms with Crippen molar-refractivity contribution in [1.82, 2.24) is 9.97 Å². The molecule has 7 nitrogen and oxygen atoms in total. The fourth-order valence-electron chi connectivity index (χ4n) is 3.23. The molecule has 0 bridgehead atoms. The molecule has 4 rings (SSSR count). The van der Waals surface area contributed by atoms with E-state index in [2.05, 4.69) is 15.3 Å². The number of carbonyl (C=O) groups excluding carboxylic acids is 2. The van der Waals surface area contributed by atoms with E-state index in [1.54, 1.807) is 49.8 Å². The van der Waals surface area contributed by atoms with Crippen LogP contribution in [0.2, 0.25) is 0 Å². The number of benzene rings is 2. The number of aromatic nitrogens is 2. The highest BCUT2D eigenvalue weighted by Crippen LogP contribution is 2.25. The molecule has 0 saturated heterocycles. The van der Waals surface area contributed by atoms with Gasteiger partial charge in [-0.15, -0.1) is 0 Å². The minimum absolute atomic E-state index is 0.252. The number of anilines is 2. The van der Waals surface area contributed by atoms with Crippen LogP contribution in [-0.4, -0.2) is 36.1 Å². The van der Waals surface area contributed by atoms with E-state index >= 15 is 0 Å². The molecule has 2 heterocycles. The molecule has 0 aliphatic heterocycles. The first kappa shape index (κ1) is 20.0. The number of fused-ring (bicyclic) bond motifs is 1. The van der Waals surface area contributed by atoms with Crippen molar-refractivity contribution >= 4 is 34.3 Å². The van der Waals surface area contributed by atoms with Crippen LogP contribution in [0.3, 0.4) is 0 Å². The van der Waals surface area contributed by atoms with Gasteiger partial charge in [0.25, 0.3) is 5.91 Å². The molecule has 2 aromatic heterocycles. The Hall–Kier alpha value is -4.26. The van der Waals surface area contributed by atoms with E-state index in [0.29, 0.717) is 22.6 Å². The first-order valence-electron chi connectivity index (χ1n) is 9.60. The summed E-state index contributed by atoms with van der Waals surface area (Å²) in [5.41, 5.74) is 4.00. The quantitative estimate of drug-likeness (QED) is 0.523. The summed E-state index contributed by atoms with van der Waals surface area (Å²) in [5, 5.41) is 3.68. The van der Waals surface area contributed by atoms with Crippen molar-refractivity contribution in [1.29, 1.82) is 0 Å². The summed E-state index contributed by atoms with van der Waals surface area (Å²) < 4.78 is 4.71. The van der Waals surface area contributed by atoms with E-state index in [9.17, 15) is 9.59 Å². The van der Waals surface area contributed by atoms with Crippen molar-refractivity contribution in [3.8, 4) is 11.3 Å². The van der Waals surface area contributed by atoms with Crippen LogP contribution in [0.4, 0.5) is 16.2 Å². The Morgan fingerprint density at radius 3 is 2.48 bits per heavy atom. The van der Waals surface area contributed by atoms with Crippen LogP contribution >= 0.6 is 0 Å². The maximum atomic E-state index is 13.1. The maximum Gasteiger partial charge on any atom is 0.413 e. The summed E-state index contributed by atoms with van der Waals surface area (Å²) in [6.07, 6.45) is 2.94. The Balaban J connectivity index is 1.65. The molecule has 7 heteroatoms. The second-order valence-electron chi connectivity index (χ2n) is 6.84. The maximum absolute atomic E-state index is 13.1. The molecule has 0 unspecified atom stereocenters. The topological polar surface area (TPSA) is 84.4 Å². The highest BCUT2D eigenvalue weighted by molar-refractivity contribution is 6.13. The van der Waals surface area contributed by atoms with Crippen LogP contribution in [0, 0.1) is 0 Å². The Morgan fingerprint density at radius 2 is 1.77 bits per heavy atom. The third-order valence-electron chi connectivity index (χ3n) is 4.88. The molecule has 1 N–H and O–H groups in total. The molecule has 0 atom stereocenters. The molecule has 0 radical (unpaired) electrons. The van der Waals surface area contributed by atoms with Gasteiger partial charge in [-0.3, -0.25) is 14.7 Å². The molecule has 0 fully saturated rings. The summed E-state index contributed by atoms with van der Waals surface area (Å²) in [5.74, 6) is -0.252. The van der Waals surface area contributed by atoms with Gasteiger partial charge in [-0.1, -0.05) is 18.2 Å². The molecule has 31 heavy (non-hydrogen) atoms. The molecule has 2 amide bonds. The summed E-state index contributed by atoms with van der Waals surface area (Å²) in [6.45, 7) is 0. The Labute approximate surface area is 179 Å². The largest absolute Gasteiger partial charge is 0.452 e. The predicted molar refractivity (Wildman–Crippen MR) is 120 cm³/mol. The van der Waals surface area contributed by atoms with Crippen molar-refractivity contribution in [2.24, 2.45) is 0 Å². The van der Waals surface area contributed by atoms with E-state index < -0.39 is 6.09 Å². The van der Waals surface area contributed by atoms with Gasteiger partial charge in [-0.05, 0) is 48.5 Å². The van der Waals surface area contributed by atoms with Gasteiger partial charge in [-0.25, -0.2) is 9.78 Å². The minimum Gasteiger partial charge on any atom is -0.452 e. The number of pyridine rings is 2. The number of nitrogens with one attached hydrogen (secondary N) is 1. The van der Waals surface area contributed by atoms with E-state index in [1.807, 2.05) is 36.4 Å². The number of rotatable bonds is 4. The van der Waals surface area contributed by atoms with Crippen molar-refractivity contribution in [3.05, 3.63) is 84.7 Å². The summed E-state index contributed by atoms with van der Waals surface area (Å²) in [6, 6.07) is 20.0. The number of hydrogen-bond acceptors (Lipinski definition) is 5. The van der Waals surface area contributed by atoms with Gasteiger partial charge in [-0.2, -0.15) is 0 Å². The highest BCUT2D eigenvalue weighted by Gasteiger charge is 2.15. The van der Waals surface area contributed by atoms with Gasteiger partial charge in [0, 0.05) is 41.8 Å². The zero-order chi connectivity index (χ0) is 21.8. The van der Waals surface area contributed by atoms with Crippen molar-refractivity contribution in [2.45, 2.75) is 0 Å². The zero-order valence-electron chi connectivity index (χ0n) is 17.1. The van der Waals surface area contributed by atoms with E-state index in [1.165, 1.54) is 12.0 Å². The normalized spacial score (nSPS) is 10.5. The highest BCUT2D eigenvalue weighted by atomic mass is 16.5. The SMILES string of the molecule is COC(=O)N(C)c1ccc(NC(=O)c2cc(-c3cccnc3)nc3ccccc23)cc1. The number of ether oxygens (including phenoxy) is 1. The monoisotopic (exact) mass is 412 g/mol. The zero-order valence-corrected chi connectivity index (χ0v) is 17.1. The number of carbonyl (C=O) groups is 2.